The van der Waals surface area contributed by atoms with Crippen molar-refractivity contribution in [3.8, 4) is 0 Å². The SMILES string of the molecule is O=C(NCC1CCNCC1)[C@@H]1CCCN(C2CCN(Cc3cccnc3)CC2)C1. The second kappa shape index (κ2) is 10.5. The van der Waals surface area contributed by atoms with Gasteiger partial charge >= 0.3 is 0 Å². The number of rotatable bonds is 6. The molecule has 1 aromatic rings. The molecule has 0 radical (unpaired) electrons. The molecule has 2 N–H and O–H groups in total. The third-order valence-corrected chi connectivity index (χ3v) is 7.05. The molecule has 1 amide bonds. The van der Waals surface area contributed by atoms with Gasteiger partial charge < -0.3 is 10.6 Å². The zero-order chi connectivity index (χ0) is 19.9. The molecule has 3 aliphatic rings. The van der Waals surface area contributed by atoms with E-state index in [9.17, 15) is 4.79 Å². The summed E-state index contributed by atoms with van der Waals surface area (Å²) in [5.74, 6) is 1.13. The Hall–Kier alpha value is -1.50. The van der Waals surface area contributed by atoms with Crippen LogP contribution in [0.4, 0.5) is 0 Å². The molecule has 4 rings (SSSR count). The summed E-state index contributed by atoms with van der Waals surface area (Å²) in [4.78, 5) is 22.1. The van der Waals surface area contributed by atoms with Crippen LogP contribution >= 0.6 is 0 Å². The molecule has 0 spiro atoms. The van der Waals surface area contributed by atoms with Crippen LogP contribution in [0.5, 0.6) is 0 Å². The monoisotopic (exact) mass is 399 g/mol. The van der Waals surface area contributed by atoms with Gasteiger partial charge in [0.1, 0.15) is 0 Å². The third-order valence-electron chi connectivity index (χ3n) is 7.05. The van der Waals surface area contributed by atoms with Crippen LogP contribution in [0, 0.1) is 11.8 Å². The Labute approximate surface area is 175 Å². The number of carbonyl (C=O) groups is 1. The van der Waals surface area contributed by atoms with E-state index in [1.165, 1.54) is 31.2 Å². The smallest absolute Gasteiger partial charge is 0.224 e. The number of likely N-dealkylation sites (tertiary alicyclic amines) is 2. The number of amides is 1. The van der Waals surface area contributed by atoms with Crippen molar-refractivity contribution in [1.29, 1.82) is 0 Å². The third kappa shape index (κ3) is 6.00. The first-order valence-corrected chi connectivity index (χ1v) is 11.6. The summed E-state index contributed by atoms with van der Waals surface area (Å²) in [7, 11) is 0. The number of piperidine rings is 3. The van der Waals surface area contributed by atoms with Crippen molar-refractivity contribution in [3.05, 3.63) is 30.1 Å². The number of nitrogens with one attached hydrogen (secondary N) is 2. The summed E-state index contributed by atoms with van der Waals surface area (Å²) < 4.78 is 0. The summed E-state index contributed by atoms with van der Waals surface area (Å²) in [6, 6.07) is 4.82. The molecule has 6 heteroatoms. The molecule has 6 nitrogen and oxygen atoms in total. The van der Waals surface area contributed by atoms with Gasteiger partial charge in [-0.05, 0) is 88.8 Å². The van der Waals surface area contributed by atoms with Crippen LogP contribution in [-0.2, 0) is 11.3 Å². The number of pyridine rings is 1. The summed E-state index contributed by atoms with van der Waals surface area (Å²) in [6.07, 6.45) is 10.8. The fourth-order valence-corrected chi connectivity index (χ4v) is 5.22. The highest BCUT2D eigenvalue weighted by Crippen LogP contribution is 2.25. The minimum Gasteiger partial charge on any atom is -0.356 e. The predicted molar refractivity (Wildman–Crippen MR) is 115 cm³/mol. The standard InChI is InChI=1S/C23H37N5O/c29-23(26-16-19-5-10-24-11-6-19)21-4-2-12-28(18-21)22-7-13-27(14-8-22)17-20-3-1-9-25-15-20/h1,3,9,15,19,21-22,24H,2,4-8,10-14,16-18H2,(H,26,29)/t21-/m1/s1. The molecular weight excluding hydrogens is 362 g/mol. The normalized spacial score (nSPS) is 25.7. The Bertz CT molecular complexity index is 625. The zero-order valence-electron chi connectivity index (χ0n) is 17.7. The maximum atomic E-state index is 12.8. The number of hydrogen-bond acceptors (Lipinski definition) is 5. The summed E-state index contributed by atoms with van der Waals surface area (Å²) in [5.41, 5.74) is 1.30. The first kappa shape index (κ1) is 20.8. The van der Waals surface area contributed by atoms with Crippen molar-refractivity contribution in [2.75, 3.05) is 45.8 Å². The molecule has 29 heavy (non-hydrogen) atoms. The average molecular weight is 400 g/mol. The minimum absolute atomic E-state index is 0.180. The van der Waals surface area contributed by atoms with Gasteiger partial charge in [0.25, 0.3) is 0 Å². The van der Waals surface area contributed by atoms with Crippen molar-refractivity contribution in [1.82, 2.24) is 25.4 Å². The lowest BCUT2D eigenvalue weighted by molar-refractivity contribution is -0.127. The molecule has 0 aromatic carbocycles. The van der Waals surface area contributed by atoms with Crippen LogP contribution in [0.1, 0.15) is 44.1 Å². The number of nitrogens with zero attached hydrogens (tertiary/aromatic N) is 3. The highest BCUT2D eigenvalue weighted by atomic mass is 16.1. The van der Waals surface area contributed by atoms with E-state index in [4.69, 9.17) is 0 Å². The molecule has 1 atom stereocenters. The number of aromatic nitrogens is 1. The van der Waals surface area contributed by atoms with Crippen molar-refractivity contribution in [2.24, 2.45) is 11.8 Å². The van der Waals surface area contributed by atoms with Crippen LogP contribution < -0.4 is 10.6 Å². The van der Waals surface area contributed by atoms with Gasteiger partial charge in [-0.25, -0.2) is 0 Å². The molecular formula is C23H37N5O. The van der Waals surface area contributed by atoms with Gasteiger partial charge in [0.05, 0.1) is 5.92 Å². The average Bonchev–Trinajstić information content (AvgIpc) is 2.79. The lowest BCUT2D eigenvalue weighted by Gasteiger charge is -2.42. The summed E-state index contributed by atoms with van der Waals surface area (Å²) in [5, 5.41) is 6.67. The highest BCUT2D eigenvalue weighted by molar-refractivity contribution is 5.79. The van der Waals surface area contributed by atoms with Crippen molar-refractivity contribution in [3.63, 3.8) is 0 Å². The first-order valence-electron chi connectivity index (χ1n) is 11.6. The molecule has 4 heterocycles. The van der Waals surface area contributed by atoms with Gasteiger partial charge in [-0.2, -0.15) is 0 Å². The molecule has 3 aliphatic heterocycles. The maximum absolute atomic E-state index is 12.8. The van der Waals surface area contributed by atoms with E-state index in [-0.39, 0.29) is 5.92 Å². The topological polar surface area (TPSA) is 60.5 Å². The number of hydrogen-bond donors (Lipinski definition) is 2. The molecule has 0 saturated carbocycles. The molecule has 3 saturated heterocycles. The van der Waals surface area contributed by atoms with Crippen LogP contribution in [0.25, 0.3) is 0 Å². The molecule has 3 fully saturated rings. The molecule has 160 valence electrons. The van der Waals surface area contributed by atoms with Crippen LogP contribution in [0.3, 0.4) is 0 Å². The Kier molecular flexibility index (Phi) is 7.52. The second-order valence-electron chi connectivity index (χ2n) is 9.14. The highest BCUT2D eigenvalue weighted by Gasteiger charge is 2.31. The van der Waals surface area contributed by atoms with E-state index in [2.05, 4.69) is 31.5 Å². The van der Waals surface area contributed by atoms with Crippen molar-refractivity contribution < 1.29 is 4.79 Å². The predicted octanol–water partition coefficient (Wildman–Crippen LogP) is 1.87. The molecule has 0 aliphatic carbocycles. The number of carbonyl (C=O) groups excluding carboxylic acids is 1. The van der Waals surface area contributed by atoms with E-state index in [1.807, 2.05) is 18.5 Å². The van der Waals surface area contributed by atoms with E-state index in [1.54, 1.807) is 0 Å². The van der Waals surface area contributed by atoms with Gasteiger partial charge in [0.15, 0.2) is 0 Å². The largest absolute Gasteiger partial charge is 0.356 e. The Morgan fingerprint density at radius 3 is 2.72 bits per heavy atom. The van der Waals surface area contributed by atoms with Gasteiger partial charge in [-0.15, -0.1) is 0 Å². The summed E-state index contributed by atoms with van der Waals surface area (Å²) >= 11 is 0. The second-order valence-corrected chi connectivity index (χ2v) is 9.14. The lowest BCUT2D eigenvalue weighted by Crippen LogP contribution is -2.51. The Morgan fingerprint density at radius 1 is 1.14 bits per heavy atom. The van der Waals surface area contributed by atoms with E-state index in [0.717, 1.165) is 65.2 Å². The van der Waals surface area contributed by atoms with Gasteiger partial charge in [-0.1, -0.05) is 6.07 Å². The molecule has 1 aromatic heterocycles. The molecule has 0 unspecified atom stereocenters. The fraction of sp³-hybridized carbons (Fsp3) is 0.739. The van der Waals surface area contributed by atoms with Gasteiger partial charge in [-0.3, -0.25) is 19.6 Å². The Morgan fingerprint density at radius 2 is 1.97 bits per heavy atom. The Balaban J connectivity index is 1.20. The lowest BCUT2D eigenvalue weighted by atomic mass is 9.92. The maximum Gasteiger partial charge on any atom is 0.224 e. The van der Waals surface area contributed by atoms with E-state index in [0.29, 0.717) is 17.9 Å². The van der Waals surface area contributed by atoms with Crippen LogP contribution in [0.15, 0.2) is 24.5 Å². The minimum atomic E-state index is 0.180. The quantitative estimate of drug-likeness (QED) is 0.765. The molecule has 0 bridgehead atoms. The van der Waals surface area contributed by atoms with Crippen molar-refractivity contribution >= 4 is 5.91 Å². The summed E-state index contributed by atoms with van der Waals surface area (Å²) in [6.45, 7) is 8.45. The zero-order valence-corrected chi connectivity index (χ0v) is 17.7. The van der Waals surface area contributed by atoms with E-state index < -0.39 is 0 Å². The first-order chi connectivity index (χ1) is 14.3. The van der Waals surface area contributed by atoms with Crippen LogP contribution in [0.2, 0.25) is 0 Å². The van der Waals surface area contributed by atoms with Crippen LogP contribution in [-0.4, -0.2) is 72.5 Å². The van der Waals surface area contributed by atoms with E-state index >= 15 is 0 Å². The van der Waals surface area contributed by atoms with Crippen molar-refractivity contribution in [2.45, 2.75) is 51.1 Å². The van der Waals surface area contributed by atoms with Gasteiger partial charge in [0.2, 0.25) is 5.91 Å². The van der Waals surface area contributed by atoms with Gasteiger partial charge in [0, 0.05) is 38.1 Å². The fourth-order valence-electron chi connectivity index (χ4n) is 5.22.